The molecular formula is C29H32ClN3O. The molecule has 4 rings (SSSR count). The number of nitrogens with zero attached hydrogens (tertiary/aromatic N) is 3. The van der Waals surface area contributed by atoms with Crippen LogP contribution in [0.5, 0.6) is 0 Å². The number of hydrogen-bond acceptors (Lipinski definition) is 3. The molecule has 0 N–H and O–H groups in total. The number of benzene rings is 2. The van der Waals surface area contributed by atoms with E-state index < -0.39 is 17.3 Å². The molecule has 2 aromatic carbocycles. The van der Waals surface area contributed by atoms with E-state index in [0.717, 1.165) is 19.3 Å². The molecule has 2 aromatic rings. The van der Waals surface area contributed by atoms with E-state index in [4.69, 9.17) is 11.6 Å². The minimum absolute atomic E-state index is 0.0361. The highest BCUT2D eigenvalue weighted by Gasteiger charge is 2.72. The maximum atomic E-state index is 13.9. The quantitative estimate of drug-likeness (QED) is 0.509. The van der Waals surface area contributed by atoms with Crippen molar-refractivity contribution in [3.8, 4) is 12.1 Å². The molecule has 0 heterocycles. The summed E-state index contributed by atoms with van der Waals surface area (Å²) in [7, 11) is 1.86. The van der Waals surface area contributed by atoms with E-state index in [2.05, 4.69) is 57.2 Å². The van der Waals surface area contributed by atoms with Gasteiger partial charge in [-0.3, -0.25) is 4.79 Å². The number of halogens is 1. The van der Waals surface area contributed by atoms with Crippen molar-refractivity contribution >= 4 is 17.5 Å². The van der Waals surface area contributed by atoms with Gasteiger partial charge in [0, 0.05) is 24.0 Å². The van der Waals surface area contributed by atoms with Crippen LogP contribution in [0, 0.1) is 45.8 Å². The van der Waals surface area contributed by atoms with Crippen LogP contribution >= 0.6 is 11.6 Å². The number of hydrogen-bond donors (Lipinski definition) is 0. The molecule has 0 unspecified atom stereocenters. The first-order valence-electron chi connectivity index (χ1n) is 12.1. The SMILES string of the molecule is C[C@@H]1CC[C@@H](C(C)(C)c2ccccc2)[C@H](N(C)C(=O)[C@H]2[C@H](c3ccccc3Cl)C2(C#N)C#N)C1. The lowest BCUT2D eigenvalue weighted by atomic mass is 9.63. The second-order valence-corrected chi connectivity index (χ2v) is 11.1. The van der Waals surface area contributed by atoms with Gasteiger partial charge in [0.1, 0.15) is 0 Å². The summed E-state index contributed by atoms with van der Waals surface area (Å²) in [6.07, 6.45) is 3.08. The van der Waals surface area contributed by atoms with Gasteiger partial charge in [0.05, 0.1) is 18.1 Å². The predicted molar refractivity (Wildman–Crippen MR) is 134 cm³/mol. The molecule has 5 atom stereocenters. The Hall–Kier alpha value is -2.82. The van der Waals surface area contributed by atoms with Crippen LogP contribution in [0.2, 0.25) is 5.02 Å². The predicted octanol–water partition coefficient (Wildman–Crippen LogP) is 6.33. The molecule has 0 spiro atoms. The zero-order valence-electron chi connectivity index (χ0n) is 20.3. The molecule has 34 heavy (non-hydrogen) atoms. The zero-order chi connectivity index (χ0) is 24.7. The molecule has 1 amide bonds. The van der Waals surface area contributed by atoms with E-state index in [-0.39, 0.29) is 23.3 Å². The Kier molecular flexibility index (Phi) is 6.50. The highest BCUT2D eigenvalue weighted by Crippen LogP contribution is 2.66. The topological polar surface area (TPSA) is 67.9 Å². The fourth-order valence-corrected chi connectivity index (χ4v) is 6.52. The van der Waals surface area contributed by atoms with Crippen molar-refractivity contribution in [1.82, 2.24) is 4.90 Å². The molecular weight excluding hydrogens is 442 g/mol. The number of rotatable bonds is 5. The molecule has 2 fully saturated rings. The van der Waals surface area contributed by atoms with Gasteiger partial charge < -0.3 is 4.90 Å². The van der Waals surface area contributed by atoms with Gasteiger partial charge in [-0.2, -0.15) is 10.5 Å². The average molecular weight is 474 g/mol. The summed E-state index contributed by atoms with van der Waals surface area (Å²) < 4.78 is 0. The van der Waals surface area contributed by atoms with Crippen LogP contribution in [0.4, 0.5) is 0 Å². The zero-order valence-corrected chi connectivity index (χ0v) is 21.1. The van der Waals surface area contributed by atoms with Crippen molar-refractivity contribution in [2.24, 2.45) is 23.2 Å². The van der Waals surface area contributed by atoms with Crippen molar-refractivity contribution in [2.45, 2.75) is 57.4 Å². The van der Waals surface area contributed by atoms with E-state index in [9.17, 15) is 15.3 Å². The molecule has 4 nitrogen and oxygen atoms in total. The first kappa shape index (κ1) is 24.3. The molecule has 0 saturated heterocycles. The van der Waals surface area contributed by atoms with E-state index in [0.29, 0.717) is 16.5 Å². The first-order valence-corrected chi connectivity index (χ1v) is 12.5. The third-order valence-electron chi connectivity index (χ3n) is 8.45. The third kappa shape index (κ3) is 3.89. The minimum atomic E-state index is -1.37. The largest absolute Gasteiger partial charge is 0.342 e. The smallest absolute Gasteiger partial charge is 0.229 e. The van der Waals surface area contributed by atoms with Crippen LogP contribution in [-0.2, 0) is 10.2 Å². The van der Waals surface area contributed by atoms with Crippen molar-refractivity contribution in [3.05, 3.63) is 70.7 Å². The number of carbonyl (C=O) groups is 1. The molecule has 0 aliphatic heterocycles. The van der Waals surface area contributed by atoms with Crippen molar-refractivity contribution in [1.29, 1.82) is 10.5 Å². The Bertz CT molecular complexity index is 1130. The van der Waals surface area contributed by atoms with E-state index >= 15 is 0 Å². The Morgan fingerprint density at radius 1 is 1.06 bits per heavy atom. The molecule has 2 aliphatic rings. The summed E-state index contributed by atoms with van der Waals surface area (Å²) in [6, 6.07) is 22.1. The van der Waals surface area contributed by atoms with Gasteiger partial charge in [0.25, 0.3) is 0 Å². The number of nitriles is 2. The lowest BCUT2D eigenvalue weighted by Crippen LogP contribution is -2.51. The van der Waals surface area contributed by atoms with Gasteiger partial charge in [-0.05, 0) is 47.3 Å². The maximum Gasteiger partial charge on any atom is 0.229 e. The van der Waals surface area contributed by atoms with Gasteiger partial charge >= 0.3 is 0 Å². The molecule has 0 radical (unpaired) electrons. The van der Waals surface area contributed by atoms with Crippen molar-refractivity contribution in [3.63, 3.8) is 0 Å². The van der Waals surface area contributed by atoms with E-state index in [1.54, 1.807) is 6.07 Å². The molecule has 2 saturated carbocycles. The summed E-state index contributed by atoms with van der Waals surface area (Å²) in [4.78, 5) is 15.8. The van der Waals surface area contributed by atoms with Gasteiger partial charge in [-0.25, -0.2) is 0 Å². The highest BCUT2D eigenvalue weighted by molar-refractivity contribution is 6.31. The van der Waals surface area contributed by atoms with E-state index in [1.807, 2.05) is 36.2 Å². The Morgan fingerprint density at radius 3 is 2.29 bits per heavy atom. The van der Waals surface area contributed by atoms with Crippen LogP contribution in [0.15, 0.2) is 54.6 Å². The number of amides is 1. The van der Waals surface area contributed by atoms with Gasteiger partial charge in [-0.15, -0.1) is 0 Å². The van der Waals surface area contributed by atoms with E-state index in [1.165, 1.54) is 5.56 Å². The van der Waals surface area contributed by atoms with Crippen LogP contribution in [0.1, 0.15) is 57.1 Å². The van der Waals surface area contributed by atoms with Crippen molar-refractivity contribution in [2.75, 3.05) is 7.05 Å². The van der Waals surface area contributed by atoms with Crippen LogP contribution in [0.25, 0.3) is 0 Å². The summed E-state index contributed by atoms with van der Waals surface area (Å²) in [5, 5.41) is 20.4. The minimum Gasteiger partial charge on any atom is -0.342 e. The second-order valence-electron chi connectivity index (χ2n) is 10.7. The third-order valence-corrected chi connectivity index (χ3v) is 8.79. The molecule has 2 aliphatic carbocycles. The average Bonchev–Trinajstić information content (AvgIpc) is 3.52. The highest BCUT2D eigenvalue weighted by atomic mass is 35.5. The lowest BCUT2D eigenvalue weighted by molar-refractivity contribution is -0.136. The summed E-state index contributed by atoms with van der Waals surface area (Å²) in [5.74, 6) is -0.548. The van der Waals surface area contributed by atoms with Gasteiger partial charge in [-0.1, -0.05) is 87.3 Å². The fourth-order valence-electron chi connectivity index (χ4n) is 6.27. The lowest BCUT2D eigenvalue weighted by Gasteiger charge is -2.48. The monoisotopic (exact) mass is 473 g/mol. The maximum absolute atomic E-state index is 13.9. The normalized spacial score (nSPS) is 27.8. The summed E-state index contributed by atoms with van der Waals surface area (Å²) >= 11 is 6.42. The molecule has 0 bridgehead atoms. The van der Waals surface area contributed by atoms with Crippen LogP contribution < -0.4 is 0 Å². The summed E-state index contributed by atoms with van der Waals surface area (Å²) in [5.41, 5.74) is 0.482. The molecule has 176 valence electrons. The molecule has 0 aromatic heterocycles. The number of carbonyl (C=O) groups excluding carboxylic acids is 1. The van der Waals surface area contributed by atoms with Gasteiger partial charge in [0.15, 0.2) is 5.41 Å². The van der Waals surface area contributed by atoms with Crippen LogP contribution in [0.3, 0.4) is 0 Å². The van der Waals surface area contributed by atoms with Gasteiger partial charge in [0.2, 0.25) is 5.91 Å². The standard InChI is InChI=1S/C29H32ClN3O/c1-19-14-15-22(28(2,3)20-10-6-5-7-11-20)24(16-19)33(4)27(34)26-25(29(26,17-31)18-32)21-12-8-9-13-23(21)30/h5-13,19,22,24-26H,14-16H2,1-4H3/t19-,22-,24-,25+,26-/m1/s1. The molecule has 5 heteroatoms. The second kappa shape index (κ2) is 9.09. The van der Waals surface area contributed by atoms with Crippen molar-refractivity contribution < 1.29 is 4.79 Å². The summed E-state index contributed by atoms with van der Waals surface area (Å²) in [6.45, 7) is 6.79. The Morgan fingerprint density at radius 2 is 1.68 bits per heavy atom. The Labute approximate surface area is 208 Å². The fraction of sp³-hybridized carbons (Fsp3) is 0.483. The Balaban J connectivity index is 1.67. The van der Waals surface area contributed by atoms with Crippen LogP contribution in [-0.4, -0.2) is 23.9 Å². The first-order chi connectivity index (χ1) is 16.2.